The van der Waals surface area contributed by atoms with Crippen LogP contribution in [-0.2, 0) is 0 Å². The first-order chi connectivity index (χ1) is 10.3. The Bertz CT molecular complexity index is 848. The molecule has 0 aliphatic carbocycles. The molecule has 21 heavy (non-hydrogen) atoms. The van der Waals surface area contributed by atoms with E-state index < -0.39 is 0 Å². The fraction of sp³-hybridized carbons (Fsp3) is 0.0556. The molecular weight excluding hydrogens is 262 g/mol. The quantitative estimate of drug-likeness (QED) is 0.793. The number of pyridine rings is 1. The van der Waals surface area contributed by atoms with Crippen LogP contribution in [0.25, 0.3) is 23.1 Å². The van der Waals surface area contributed by atoms with Crippen LogP contribution in [0.3, 0.4) is 0 Å². The van der Waals surface area contributed by atoms with Crippen LogP contribution < -0.4 is 10.2 Å². The average Bonchev–Trinajstić information content (AvgIpc) is 2.54. The van der Waals surface area contributed by atoms with E-state index in [2.05, 4.69) is 4.98 Å². The van der Waals surface area contributed by atoms with Crippen molar-refractivity contribution < 1.29 is 4.74 Å². The lowest BCUT2D eigenvalue weighted by atomic mass is 10.1. The number of benzene rings is 2. The number of hydrogen-bond acceptors (Lipinski definition) is 2. The molecule has 2 aromatic carbocycles. The molecule has 3 aromatic rings. The van der Waals surface area contributed by atoms with Crippen LogP contribution in [0.1, 0.15) is 11.3 Å². The first kappa shape index (κ1) is 13.2. The minimum Gasteiger partial charge on any atom is -0.491 e. The molecule has 0 unspecified atom stereocenters. The maximum atomic E-state index is 12.4. The lowest BCUT2D eigenvalue weighted by Crippen LogP contribution is -2.09. The summed E-state index contributed by atoms with van der Waals surface area (Å²) in [5.74, 6) is 0.334. The summed E-state index contributed by atoms with van der Waals surface area (Å²) >= 11 is 0. The smallest absolute Gasteiger partial charge is 0.231 e. The lowest BCUT2D eigenvalue weighted by Gasteiger charge is -2.07. The van der Waals surface area contributed by atoms with Gasteiger partial charge in [-0.3, -0.25) is 4.79 Å². The van der Waals surface area contributed by atoms with Gasteiger partial charge in [-0.2, -0.15) is 0 Å². The second-order valence-corrected chi connectivity index (χ2v) is 4.69. The molecule has 0 spiro atoms. The highest BCUT2D eigenvalue weighted by atomic mass is 16.5. The number of hydrogen-bond donors (Lipinski definition) is 1. The Morgan fingerprint density at radius 2 is 1.67 bits per heavy atom. The van der Waals surface area contributed by atoms with Crippen molar-refractivity contribution in [1.82, 2.24) is 4.98 Å². The Morgan fingerprint density at radius 3 is 2.43 bits per heavy atom. The molecule has 1 heterocycles. The molecule has 0 saturated carbocycles. The standard InChI is InChI=1S/C18H15NO2/c1-21-18-16(12-11-13-7-3-2-4-8-13)19-15-10-6-5-9-14(15)17(18)20/h2-12H,1H3,(H,19,20). The van der Waals surface area contributed by atoms with Gasteiger partial charge < -0.3 is 9.72 Å². The molecule has 1 aromatic heterocycles. The van der Waals surface area contributed by atoms with Gasteiger partial charge in [0.2, 0.25) is 5.43 Å². The Kier molecular flexibility index (Phi) is 3.56. The normalized spacial score (nSPS) is 11.1. The highest BCUT2D eigenvalue weighted by molar-refractivity contribution is 5.83. The molecule has 0 bridgehead atoms. The molecule has 0 amide bonds. The van der Waals surface area contributed by atoms with Crippen LogP contribution in [0, 0.1) is 0 Å². The summed E-state index contributed by atoms with van der Waals surface area (Å²) in [5.41, 5.74) is 2.44. The van der Waals surface area contributed by atoms with Crippen LogP contribution in [-0.4, -0.2) is 12.1 Å². The Morgan fingerprint density at radius 1 is 0.952 bits per heavy atom. The number of rotatable bonds is 3. The van der Waals surface area contributed by atoms with Crippen molar-refractivity contribution in [2.75, 3.05) is 7.11 Å². The third-order valence-electron chi connectivity index (χ3n) is 3.34. The lowest BCUT2D eigenvalue weighted by molar-refractivity contribution is 0.409. The van der Waals surface area contributed by atoms with Gasteiger partial charge in [-0.05, 0) is 23.8 Å². The molecule has 104 valence electrons. The van der Waals surface area contributed by atoms with Crippen molar-refractivity contribution in [1.29, 1.82) is 0 Å². The van der Waals surface area contributed by atoms with Gasteiger partial charge in [-0.1, -0.05) is 48.5 Å². The summed E-state index contributed by atoms with van der Waals surface area (Å²) in [4.78, 5) is 15.7. The van der Waals surface area contributed by atoms with Gasteiger partial charge >= 0.3 is 0 Å². The maximum Gasteiger partial charge on any atom is 0.231 e. The summed E-state index contributed by atoms with van der Waals surface area (Å²) in [5, 5.41) is 0.631. The number of methoxy groups -OCH3 is 1. The van der Waals surface area contributed by atoms with Crippen molar-refractivity contribution in [3.05, 3.63) is 76.1 Å². The molecule has 3 nitrogen and oxygen atoms in total. The Labute approximate surface area is 122 Å². The van der Waals surface area contributed by atoms with Crippen LogP contribution in [0.2, 0.25) is 0 Å². The van der Waals surface area contributed by atoms with Crippen molar-refractivity contribution >= 4 is 23.1 Å². The van der Waals surface area contributed by atoms with E-state index in [4.69, 9.17) is 4.74 Å². The van der Waals surface area contributed by atoms with Crippen LogP contribution in [0.4, 0.5) is 0 Å². The predicted molar refractivity (Wildman–Crippen MR) is 86.5 cm³/mol. The molecule has 0 atom stereocenters. The molecule has 3 heteroatoms. The van der Waals surface area contributed by atoms with E-state index in [0.717, 1.165) is 11.1 Å². The fourth-order valence-corrected chi connectivity index (χ4v) is 2.30. The summed E-state index contributed by atoms with van der Waals surface area (Å²) in [6, 6.07) is 17.3. The monoisotopic (exact) mass is 277 g/mol. The summed E-state index contributed by atoms with van der Waals surface area (Å²) in [7, 11) is 1.51. The highest BCUT2D eigenvalue weighted by Crippen LogP contribution is 2.19. The van der Waals surface area contributed by atoms with Gasteiger partial charge in [-0.25, -0.2) is 0 Å². The van der Waals surface area contributed by atoms with E-state index in [1.54, 1.807) is 6.07 Å². The van der Waals surface area contributed by atoms with Gasteiger partial charge in [0.25, 0.3) is 0 Å². The minimum absolute atomic E-state index is 0.0976. The number of ether oxygens (including phenoxy) is 1. The van der Waals surface area contributed by atoms with Gasteiger partial charge in [0, 0.05) is 10.9 Å². The molecular formula is C18H15NO2. The summed E-state index contributed by atoms with van der Waals surface area (Å²) in [6.45, 7) is 0. The number of aromatic nitrogens is 1. The summed E-state index contributed by atoms with van der Waals surface area (Å²) < 4.78 is 5.28. The number of aromatic amines is 1. The van der Waals surface area contributed by atoms with Gasteiger partial charge in [0.15, 0.2) is 5.75 Å². The minimum atomic E-state index is -0.0976. The van der Waals surface area contributed by atoms with E-state index in [0.29, 0.717) is 16.8 Å². The third-order valence-corrected chi connectivity index (χ3v) is 3.34. The van der Waals surface area contributed by atoms with E-state index in [1.165, 1.54) is 7.11 Å². The zero-order chi connectivity index (χ0) is 14.7. The predicted octanol–water partition coefficient (Wildman–Crippen LogP) is 3.71. The topological polar surface area (TPSA) is 42.1 Å². The van der Waals surface area contributed by atoms with Crippen molar-refractivity contribution in [2.45, 2.75) is 0 Å². The van der Waals surface area contributed by atoms with Gasteiger partial charge in [-0.15, -0.1) is 0 Å². The van der Waals surface area contributed by atoms with Gasteiger partial charge in [0.05, 0.1) is 12.8 Å². The number of para-hydroxylation sites is 1. The Balaban J connectivity index is 2.14. The van der Waals surface area contributed by atoms with Crippen molar-refractivity contribution in [3.63, 3.8) is 0 Å². The number of H-pyrrole nitrogens is 1. The molecule has 1 N–H and O–H groups in total. The zero-order valence-electron chi connectivity index (χ0n) is 11.7. The second kappa shape index (κ2) is 5.67. The number of nitrogens with one attached hydrogen (secondary N) is 1. The highest BCUT2D eigenvalue weighted by Gasteiger charge is 2.09. The number of fused-ring (bicyclic) bond motifs is 1. The molecule has 0 aliphatic heterocycles. The van der Waals surface area contributed by atoms with Crippen LogP contribution in [0.5, 0.6) is 5.75 Å². The van der Waals surface area contributed by atoms with E-state index in [-0.39, 0.29) is 5.43 Å². The van der Waals surface area contributed by atoms with Crippen molar-refractivity contribution in [3.8, 4) is 5.75 Å². The van der Waals surface area contributed by atoms with E-state index >= 15 is 0 Å². The van der Waals surface area contributed by atoms with E-state index in [1.807, 2.05) is 60.7 Å². The second-order valence-electron chi connectivity index (χ2n) is 4.69. The largest absolute Gasteiger partial charge is 0.491 e. The van der Waals surface area contributed by atoms with Crippen molar-refractivity contribution in [2.24, 2.45) is 0 Å². The molecule has 3 rings (SSSR count). The SMILES string of the molecule is COc1c(C=Cc2ccccc2)[nH]c2ccccc2c1=O. The van der Waals surface area contributed by atoms with Crippen LogP contribution in [0.15, 0.2) is 59.4 Å². The first-order valence-electron chi connectivity index (χ1n) is 6.72. The Hall–Kier alpha value is -2.81. The van der Waals surface area contributed by atoms with Crippen LogP contribution >= 0.6 is 0 Å². The molecule has 0 fully saturated rings. The summed E-state index contributed by atoms with van der Waals surface area (Å²) in [6.07, 6.45) is 3.81. The molecule has 0 aliphatic rings. The average molecular weight is 277 g/mol. The molecule has 0 radical (unpaired) electrons. The molecule has 0 saturated heterocycles. The maximum absolute atomic E-state index is 12.4. The zero-order valence-corrected chi connectivity index (χ0v) is 11.7. The van der Waals surface area contributed by atoms with E-state index in [9.17, 15) is 4.79 Å². The fourth-order valence-electron chi connectivity index (χ4n) is 2.30. The van der Waals surface area contributed by atoms with Gasteiger partial charge in [0.1, 0.15) is 0 Å². The first-order valence-corrected chi connectivity index (χ1v) is 6.72. The third kappa shape index (κ3) is 2.58.